The Labute approximate surface area is 152 Å². The summed E-state index contributed by atoms with van der Waals surface area (Å²) >= 11 is 0. The molecule has 1 aromatic rings. The molecule has 7 heteroatoms. The topological polar surface area (TPSA) is 55.1 Å². The highest BCUT2D eigenvalue weighted by atomic mass is 35.5. The Bertz CT molecular complexity index is 617. The van der Waals surface area contributed by atoms with Gasteiger partial charge in [-0.05, 0) is 43.7 Å². The number of carbonyl (C=O) groups excluding carboxylic acids is 1. The number of alkyl halides is 3. The van der Waals surface area contributed by atoms with E-state index in [1.165, 1.54) is 12.1 Å². The van der Waals surface area contributed by atoms with Gasteiger partial charge in [0.25, 0.3) is 0 Å². The minimum Gasteiger partial charge on any atom is -0.355 e. The van der Waals surface area contributed by atoms with Crippen molar-refractivity contribution in [2.75, 3.05) is 6.54 Å². The van der Waals surface area contributed by atoms with Crippen molar-refractivity contribution in [3.8, 4) is 0 Å². The smallest absolute Gasteiger partial charge is 0.355 e. The van der Waals surface area contributed by atoms with E-state index in [0.29, 0.717) is 18.5 Å². The lowest BCUT2D eigenvalue weighted by Crippen LogP contribution is -2.40. The van der Waals surface area contributed by atoms with Gasteiger partial charge in [-0.3, -0.25) is 4.79 Å². The van der Waals surface area contributed by atoms with Crippen molar-refractivity contribution in [3.63, 3.8) is 0 Å². The van der Waals surface area contributed by atoms with Crippen LogP contribution in [0.15, 0.2) is 24.3 Å². The molecule has 0 heterocycles. The molecule has 0 saturated heterocycles. The minimum atomic E-state index is -4.34. The number of hydrogen-bond acceptors (Lipinski definition) is 2. The number of rotatable bonds is 4. The Morgan fingerprint density at radius 3 is 2.60 bits per heavy atom. The summed E-state index contributed by atoms with van der Waals surface area (Å²) in [6.07, 6.45) is 0.722. The summed E-state index contributed by atoms with van der Waals surface area (Å²) in [5, 5.41) is 2.96. The zero-order valence-electron chi connectivity index (χ0n) is 13.9. The molecule has 3 nitrogen and oxygen atoms in total. The zero-order chi connectivity index (χ0) is 17.4. The molecule has 1 aromatic carbocycles. The predicted octanol–water partition coefficient (Wildman–Crippen LogP) is 3.79. The van der Waals surface area contributed by atoms with Crippen LogP contribution in [0.4, 0.5) is 13.2 Å². The van der Waals surface area contributed by atoms with E-state index in [1.54, 1.807) is 6.07 Å². The number of nitrogens with two attached hydrogens (primary N) is 1. The molecular formula is C18H24ClF3N2O. The summed E-state index contributed by atoms with van der Waals surface area (Å²) in [6.45, 7) is 0.402. The van der Waals surface area contributed by atoms with E-state index in [9.17, 15) is 18.0 Å². The summed E-state index contributed by atoms with van der Waals surface area (Å²) in [6, 6.07) is 5.55. The van der Waals surface area contributed by atoms with Crippen LogP contribution < -0.4 is 11.1 Å². The third-order valence-electron chi connectivity index (χ3n) is 5.34. The van der Waals surface area contributed by atoms with E-state index < -0.39 is 11.7 Å². The summed E-state index contributed by atoms with van der Waals surface area (Å²) in [4.78, 5) is 12.3. The number of carbonyl (C=O) groups is 1. The van der Waals surface area contributed by atoms with Gasteiger partial charge in [0, 0.05) is 23.9 Å². The number of halogens is 4. The second-order valence-electron chi connectivity index (χ2n) is 7.20. The van der Waals surface area contributed by atoms with Crippen LogP contribution in [0.25, 0.3) is 0 Å². The maximum absolute atomic E-state index is 12.9. The van der Waals surface area contributed by atoms with Crippen molar-refractivity contribution >= 4 is 18.3 Å². The zero-order valence-corrected chi connectivity index (χ0v) is 14.8. The van der Waals surface area contributed by atoms with Crippen molar-refractivity contribution in [1.82, 2.24) is 5.32 Å². The molecule has 140 valence electrons. The van der Waals surface area contributed by atoms with Gasteiger partial charge in [0.2, 0.25) is 5.91 Å². The Morgan fingerprint density at radius 2 is 2.00 bits per heavy atom. The third-order valence-corrected chi connectivity index (χ3v) is 5.34. The predicted molar refractivity (Wildman–Crippen MR) is 92.5 cm³/mol. The highest BCUT2D eigenvalue weighted by Crippen LogP contribution is 2.48. The summed E-state index contributed by atoms with van der Waals surface area (Å²) < 4.78 is 38.7. The van der Waals surface area contributed by atoms with Crippen LogP contribution in [0.1, 0.15) is 49.7 Å². The summed E-state index contributed by atoms with van der Waals surface area (Å²) in [5.41, 5.74) is 5.62. The molecule has 2 fully saturated rings. The number of amides is 1. The van der Waals surface area contributed by atoms with Crippen molar-refractivity contribution in [2.45, 2.75) is 56.2 Å². The molecule has 0 aliphatic heterocycles. The quantitative estimate of drug-likeness (QED) is 0.840. The Kier molecular flexibility index (Phi) is 6.05. The maximum atomic E-state index is 12.9. The molecule has 0 radical (unpaired) electrons. The first kappa shape index (κ1) is 20.0. The first-order chi connectivity index (χ1) is 11.3. The average molecular weight is 377 g/mol. The van der Waals surface area contributed by atoms with E-state index in [1.807, 2.05) is 0 Å². The minimum absolute atomic E-state index is 0. The monoisotopic (exact) mass is 376 g/mol. The van der Waals surface area contributed by atoms with Crippen LogP contribution in [0, 0.1) is 5.92 Å². The number of hydrogen-bond donors (Lipinski definition) is 2. The van der Waals surface area contributed by atoms with Crippen molar-refractivity contribution in [3.05, 3.63) is 35.4 Å². The van der Waals surface area contributed by atoms with Gasteiger partial charge in [0.1, 0.15) is 0 Å². The van der Waals surface area contributed by atoms with Crippen LogP contribution in [-0.4, -0.2) is 18.5 Å². The molecule has 0 aromatic heterocycles. The van der Waals surface area contributed by atoms with E-state index in [2.05, 4.69) is 5.32 Å². The number of benzene rings is 1. The lowest BCUT2D eigenvalue weighted by Gasteiger charge is -2.27. The Balaban J connectivity index is 0.00000225. The van der Waals surface area contributed by atoms with Crippen LogP contribution in [0.3, 0.4) is 0 Å². The molecular weight excluding hydrogens is 353 g/mol. The van der Waals surface area contributed by atoms with E-state index in [-0.39, 0.29) is 35.7 Å². The highest BCUT2D eigenvalue weighted by molar-refractivity contribution is 5.85. The first-order valence-corrected chi connectivity index (χ1v) is 8.51. The fourth-order valence-corrected chi connectivity index (χ4v) is 3.61. The summed E-state index contributed by atoms with van der Waals surface area (Å²) in [5.74, 6) is -0.0746. The Hall–Kier alpha value is -1.27. The second kappa shape index (κ2) is 7.54. The van der Waals surface area contributed by atoms with Gasteiger partial charge >= 0.3 is 6.18 Å². The third kappa shape index (κ3) is 4.67. The normalized spacial score (nSPS) is 25.0. The van der Waals surface area contributed by atoms with Crippen molar-refractivity contribution < 1.29 is 18.0 Å². The van der Waals surface area contributed by atoms with Crippen molar-refractivity contribution in [1.29, 1.82) is 0 Å². The lowest BCUT2D eigenvalue weighted by atomic mass is 9.85. The van der Waals surface area contributed by atoms with Gasteiger partial charge in [-0.25, -0.2) is 0 Å². The lowest BCUT2D eigenvalue weighted by molar-refractivity contribution is -0.137. The van der Waals surface area contributed by atoms with E-state index in [4.69, 9.17) is 5.73 Å². The molecule has 0 bridgehead atoms. The number of nitrogens with one attached hydrogen (secondary N) is 1. The molecule has 3 rings (SSSR count). The van der Waals surface area contributed by atoms with Crippen LogP contribution >= 0.6 is 12.4 Å². The van der Waals surface area contributed by atoms with E-state index >= 15 is 0 Å². The molecule has 1 amide bonds. The molecule has 2 aliphatic rings. The Morgan fingerprint density at radius 1 is 1.28 bits per heavy atom. The van der Waals surface area contributed by atoms with Gasteiger partial charge in [0.15, 0.2) is 0 Å². The molecule has 2 unspecified atom stereocenters. The maximum Gasteiger partial charge on any atom is 0.416 e. The molecule has 3 N–H and O–H groups in total. The standard InChI is InChI=1S/C18H23F3N2O.ClH/c19-18(20,21)14-5-2-4-13(10-14)17(7-8-17)11-23-16(24)12-3-1-6-15(22)9-12;/h2,4-5,10,12,15H,1,3,6-9,11,22H2,(H,23,24);1H. The molecule has 2 atom stereocenters. The van der Waals surface area contributed by atoms with Gasteiger partial charge in [-0.2, -0.15) is 13.2 Å². The van der Waals surface area contributed by atoms with Crippen LogP contribution in [0.5, 0.6) is 0 Å². The highest BCUT2D eigenvalue weighted by Gasteiger charge is 2.45. The van der Waals surface area contributed by atoms with Gasteiger partial charge in [0.05, 0.1) is 5.56 Å². The average Bonchev–Trinajstić information content (AvgIpc) is 3.33. The van der Waals surface area contributed by atoms with E-state index in [0.717, 1.165) is 38.2 Å². The fraction of sp³-hybridized carbons (Fsp3) is 0.611. The fourth-order valence-electron chi connectivity index (χ4n) is 3.61. The van der Waals surface area contributed by atoms with Crippen LogP contribution in [0.2, 0.25) is 0 Å². The van der Waals surface area contributed by atoms with Crippen LogP contribution in [-0.2, 0) is 16.4 Å². The molecule has 0 spiro atoms. The van der Waals surface area contributed by atoms with Gasteiger partial charge in [-0.15, -0.1) is 12.4 Å². The van der Waals surface area contributed by atoms with Gasteiger partial charge < -0.3 is 11.1 Å². The van der Waals surface area contributed by atoms with Crippen molar-refractivity contribution in [2.24, 2.45) is 11.7 Å². The summed E-state index contributed by atoms with van der Waals surface area (Å²) in [7, 11) is 0. The molecule has 2 saturated carbocycles. The van der Waals surface area contributed by atoms with Gasteiger partial charge in [-0.1, -0.05) is 24.6 Å². The molecule has 25 heavy (non-hydrogen) atoms. The first-order valence-electron chi connectivity index (χ1n) is 8.51. The molecule has 2 aliphatic carbocycles. The second-order valence-corrected chi connectivity index (χ2v) is 7.20. The largest absolute Gasteiger partial charge is 0.416 e. The SMILES string of the molecule is Cl.NC1CCCC(C(=O)NCC2(c3cccc(C(F)(F)F)c3)CC2)C1.